The summed E-state index contributed by atoms with van der Waals surface area (Å²) < 4.78 is 5.30. The van der Waals surface area contributed by atoms with E-state index in [2.05, 4.69) is 6.07 Å². The van der Waals surface area contributed by atoms with Gasteiger partial charge in [-0.2, -0.15) is 0 Å². The molecule has 1 aliphatic heterocycles. The molecule has 0 bridgehead atoms. The van der Waals surface area contributed by atoms with E-state index >= 15 is 0 Å². The molecule has 0 saturated carbocycles. The number of benzene rings is 2. The normalized spacial score (nSPS) is 14.6. The molecule has 25 heavy (non-hydrogen) atoms. The van der Waals surface area contributed by atoms with Gasteiger partial charge in [0.1, 0.15) is 0 Å². The summed E-state index contributed by atoms with van der Waals surface area (Å²) in [4.78, 5) is 26.7. The summed E-state index contributed by atoms with van der Waals surface area (Å²) in [7, 11) is 0. The van der Waals surface area contributed by atoms with Crippen LogP contribution in [0, 0.1) is 0 Å². The Bertz CT molecular complexity index is 802. The van der Waals surface area contributed by atoms with Gasteiger partial charge in [0, 0.05) is 13.1 Å². The van der Waals surface area contributed by atoms with Crippen LogP contribution < -0.4 is 0 Å². The van der Waals surface area contributed by atoms with Crippen LogP contribution in [0.4, 0.5) is 0 Å². The Morgan fingerprint density at radius 2 is 1.68 bits per heavy atom. The second-order valence-electron chi connectivity index (χ2n) is 5.92. The monoisotopic (exact) mass is 377 g/mol. The second-order valence-corrected chi connectivity index (χ2v) is 6.74. The summed E-state index contributed by atoms with van der Waals surface area (Å²) in [6.07, 6.45) is -0.121. The molecular weight excluding hydrogens is 361 g/mol. The highest BCUT2D eigenvalue weighted by Gasteiger charge is 2.28. The van der Waals surface area contributed by atoms with E-state index in [1.54, 1.807) is 30.0 Å². The van der Waals surface area contributed by atoms with Gasteiger partial charge in [-0.1, -0.05) is 53.5 Å². The third-order valence-corrected chi connectivity index (χ3v) is 4.87. The van der Waals surface area contributed by atoms with Crippen molar-refractivity contribution in [2.24, 2.45) is 0 Å². The Morgan fingerprint density at radius 3 is 2.36 bits per heavy atom. The zero-order valence-corrected chi connectivity index (χ0v) is 15.2. The number of rotatable bonds is 3. The molecule has 2 aromatic carbocycles. The number of fused-ring (bicyclic) bond motifs is 1. The lowest BCUT2D eigenvalue weighted by atomic mass is 9.99. The van der Waals surface area contributed by atoms with E-state index in [9.17, 15) is 9.59 Å². The number of nitrogens with zero attached hydrogens (tertiary/aromatic N) is 1. The first-order valence-corrected chi connectivity index (χ1v) is 8.73. The maximum atomic E-state index is 12.6. The minimum Gasteiger partial charge on any atom is -0.449 e. The van der Waals surface area contributed by atoms with E-state index in [4.69, 9.17) is 27.9 Å². The van der Waals surface area contributed by atoms with E-state index in [1.165, 1.54) is 5.56 Å². The van der Waals surface area contributed by atoms with Crippen molar-refractivity contribution in [3.8, 4) is 0 Å². The standard InChI is InChI=1S/C19H17Cl2NO3/c1-12(25-19(24)17-15(20)7-4-8-16(17)21)18(23)22-10-9-13-5-2-3-6-14(13)11-22/h2-8,12H,9-11H2,1H3/t12-/m1/s1. The number of ether oxygens (including phenoxy) is 1. The molecule has 0 fully saturated rings. The van der Waals surface area contributed by atoms with Crippen LogP contribution in [0.2, 0.25) is 10.0 Å². The fourth-order valence-electron chi connectivity index (χ4n) is 2.90. The van der Waals surface area contributed by atoms with Gasteiger partial charge in [0.2, 0.25) is 0 Å². The topological polar surface area (TPSA) is 46.6 Å². The smallest absolute Gasteiger partial charge is 0.341 e. The molecule has 1 amide bonds. The van der Waals surface area contributed by atoms with Gasteiger partial charge < -0.3 is 9.64 Å². The summed E-state index contributed by atoms with van der Waals surface area (Å²) in [5, 5.41) is 0.396. The minimum atomic E-state index is -0.912. The Hall–Kier alpha value is -2.04. The lowest BCUT2D eigenvalue weighted by Gasteiger charge is -2.30. The quantitative estimate of drug-likeness (QED) is 0.755. The molecule has 2 aromatic rings. The molecule has 0 aliphatic carbocycles. The van der Waals surface area contributed by atoms with Crippen molar-refractivity contribution in [2.75, 3.05) is 6.54 Å². The molecule has 6 heteroatoms. The van der Waals surface area contributed by atoms with Crippen molar-refractivity contribution < 1.29 is 14.3 Å². The fraction of sp³-hybridized carbons (Fsp3) is 0.263. The van der Waals surface area contributed by atoms with Gasteiger partial charge in [-0.25, -0.2) is 4.79 Å². The first-order chi connectivity index (χ1) is 12.0. The zero-order chi connectivity index (χ0) is 18.0. The molecule has 3 rings (SSSR count). The lowest BCUT2D eigenvalue weighted by molar-refractivity contribution is -0.140. The molecule has 0 unspecified atom stereocenters. The largest absolute Gasteiger partial charge is 0.449 e. The van der Waals surface area contributed by atoms with E-state index in [0.717, 1.165) is 12.0 Å². The molecule has 1 atom stereocenters. The molecule has 0 spiro atoms. The molecule has 0 radical (unpaired) electrons. The molecule has 1 aliphatic rings. The van der Waals surface area contributed by atoms with Gasteiger partial charge in [0.15, 0.2) is 6.10 Å². The summed E-state index contributed by atoms with van der Waals surface area (Å²) in [6, 6.07) is 12.8. The molecule has 1 heterocycles. The average Bonchev–Trinajstić information content (AvgIpc) is 2.60. The van der Waals surface area contributed by atoms with Gasteiger partial charge in [-0.05, 0) is 36.6 Å². The van der Waals surface area contributed by atoms with Crippen LogP contribution in [0.1, 0.15) is 28.4 Å². The Balaban J connectivity index is 1.68. The number of carbonyl (C=O) groups excluding carboxylic acids is 2. The highest BCUT2D eigenvalue weighted by atomic mass is 35.5. The van der Waals surface area contributed by atoms with Crippen LogP contribution in [0.3, 0.4) is 0 Å². The maximum Gasteiger partial charge on any atom is 0.341 e. The zero-order valence-electron chi connectivity index (χ0n) is 13.7. The third-order valence-electron chi connectivity index (χ3n) is 4.24. The molecule has 0 saturated heterocycles. The van der Waals surface area contributed by atoms with Crippen LogP contribution in [0.15, 0.2) is 42.5 Å². The van der Waals surface area contributed by atoms with Crippen molar-refractivity contribution in [3.05, 3.63) is 69.2 Å². The number of hydrogen-bond acceptors (Lipinski definition) is 3. The number of amides is 1. The highest BCUT2D eigenvalue weighted by molar-refractivity contribution is 6.39. The maximum absolute atomic E-state index is 12.6. The van der Waals surface area contributed by atoms with Crippen molar-refractivity contribution in [1.82, 2.24) is 4.90 Å². The lowest BCUT2D eigenvalue weighted by Crippen LogP contribution is -2.42. The summed E-state index contributed by atoms with van der Waals surface area (Å²) in [6.45, 7) is 2.68. The SMILES string of the molecule is C[C@@H](OC(=O)c1c(Cl)cccc1Cl)C(=O)N1CCc2ccccc2C1. The van der Waals surface area contributed by atoms with Crippen LogP contribution in [0.5, 0.6) is 0 Å². The van der Waals surface area contributed by atoms with Crippen molar-refractivity contribution in [1.29, 1.82) is 0 Å². The van der Waals surface area contributed by atoms with E-state index in [1.807, 2.05) is 18.2 Å². The van der Waals surface area contributed by atoms with Crippen LogP contribution in [-0.4, -0.2) is 29.4 Å². The number of hydrogen-bond donors (Lipinski definition) is 0. The predicted molar refractivity (Wildman–Crippen MR) is 96.9 cm³/mol. The predicted octanol–water partition coefficient (Wildman–Crippen LogP) is 4.12. The molecule has 0 aromatic heterocycles. The first kappa shape index (κ1) is 17.8. The molecular formula is C19H17Cl2NO3. The summed E-state index contributed by atoms with van der Waals surface area (Å²) in [5.41, 5.74) is 2.45. The summed E-state index contributed by atoms with van der Waals surface area (Å²) >= 11 is 12.0. The third kappa shape index (κ3) is 3.80. The Labute approximate surface area is 156 Å². The second kappa shape index (κ2) is 7.46. The first-order valence-electron chi connectivity index (χ1n) is 7.98. The number of halogens is 2. The van der Waals surface area contributed by atoms with E-state index < -0.39 is 12.1 Å². The van der Waals surface area contributed by atoms with Gasteiger partial charge >= 0.3 is 5.97 Å². The average molecular weight is 378 g/mol. The molecule has 130 valence electrons. The number of esters is 1. The van der Waals surface area contributed by atoms with Gasteiger partial charge in [0.25, 0.3) is 5.91 Å². The van der Waals surface area contributed by atoms with Gasteiger partial charge in [0.05, 0.1) is 15.6 Å². The van der Waals surface area contributed by atoms with Crippen molar-refractivity contribution in [2.45, 2.75) is 26.0 Å². The van der Waals surface area contributed by atoms with Gasteiger partial charge in [-0.3, -0.25) is 4.79 Å². The minimum absolute atomic E-state index is 0.0782. The molecule has 0 N–H and O–H groups in total. The highest BCUT2D eigenvalue weighted by Crippen LogP contribution is 2.26. The van der Waals surface area contributed by atoms with Crippen molar-refractivity contribution >= 4 is 35.1 Å². The van der Waals surface area contributed by atoms with Crippen LogP contribution >= 0.6 is 23.2 Å². The molecule has 4 nitrogen and oxygen atoms in total. The van der Waals surface area contributed by atoms with Crippen LogP contribution in [-0.2, 0) is 22.5 Å². The Morgan fingerprint density at radius 1 is 1.04 bits per heavy atom. The van der Waals surface area contributed by atoms with Crippen LogP contribution in [0.25, 0.3) is 0 Å². The van der Waals surface area contributed by atoms with Gasteiger partial charge in [-0.15, -0.1) is 0 Å². The summed E-state index contributed by atoms with van der Waals surface area (Å²) in [5.74, 6) is -0.931. The van der Waals surface area contributed by atoms with E-state index in [-0.39, 0.29) is 21.5 Å². The van der Waals surface area contributed by atoms with E-state index in [0.29, 0.717) is 13.1 Å². The van der Waals surface area contributed by atoms with Crippen molar-refractivity contribution in [3.63, 3.8) is 0 Å². The Kier molecular flexibility index (Phi) is 5.30. The number of carbonyl (C=O) groups is 2. The fourth-order valence-corrected chi connectivity index (χ4v) is 3.46.